The van der Waals surface area contributed by atoms with Gasteiger partial charge in [0, 0.05) is 0 Å². The van der Waals surface area contributed by atoms with Crippen LogP contribution in [0.4, 0.5) is 4.79 Å². The minimum Gasteiger partial charge on any atom is -0.438 e. The topological polar surface area (TPSA) is 35.5 Å². The summed E-state index contributed by atoms with van der Waals surface area (Å²) >= 11 is 0. The summed E-state index contributed by atoms with van der Waals surface area (Å²) in [4.78, 5) is 11.0. The van der Waals surface area contributed by atoms with Crippen LogP contribution in [0.25, 0.3) is 0 Å². The molecule has 2 rings (SSSR count). The summed E-state index contributed by atoms with van der Waals surface area (Å²) in [5, 5.41) is 0. The summed E-state index contributed by atoms with van der Waals surface area (Å²) in [6, 6.07) is 10.3. The Morgan fingerprint density at radius 1 is 1.29 bits per heavy atom. The molecular formula is C14H16O3. The molecule has 0 heterocycles. The number of allylic oxidation sites excluding steroid dienone is 1. The number of hydrogen-bond acceptors (Lipinski definition) is 3. The van der Waals surface area contributed by atoms with E-state index in [1.165, 1.54) is 12.7 Å². The molecule has 3 nitrogen and oxygen atoms in total. The minimum atomic E-state index is -0.617. The van der Waals surface area contributed by atoms with Crippen molar-refractivity contribution < 1.29 is 14.3 Å². The molecule has 2 atom stereocenters. The maximum atomic E-state index is 11.0. The predicted molar refractivity (Wildman–Crippen MR) is 64.8 cm³/mol. The first-order chi connectivity index (χ1) is 8.29. The molecule has 1 aliphatic rings. The lowest BCUT2D eigenvalue weighted by Gasteiger charge is -2.24. The number of rotatable bonds is 2. The van der Waals surface area contributed by atoms with Crippen molar-refractivity contribution in [3.05, 3.63) is 48.0 Å². The van der Waals surface area contributed by atoms with E-state index >= 15 is 0 Å². The highest BCUT2D eigenvalue weighted by Gasteiger charge is 2.22. The Kier molecular flexibility index (Phi) is 3.81. The van der Waals surface area contributed by atoms with E-state index in [2.05, 4.69) is 22.9 Å². The fourth-order valence-corrected chi connectivity index (χ4v) is 2.11. The molecule has 0 saturated heterocycles. The van der Waals surface area contributed by atoms with Gasteiger partial charge >= 0.3 is 6.16 Å². The number of hydrogen-bond donors (Lipinski definition) is 0. The molecule has 0 saturated carbocycles. The quantitative estimate of drug-likeness (QED) is 0.580. The van der Waals surface area contributed by atoms with Gasteiger partial charge in [-0.2, -0.15) is 0 Å². The lowest BCUT2D eigenvalue weighted by molar-refractivity contribution is 0.0462. The third kappa shape index (κ3) is 3.09. The van der Waals surface area contributed by atoms with Crippen molar-refractivity contribution in [2.45, 2.75) is 24.9 Å². The number of ether oxygens (including phenoxy) is 2. The monoisotopic (exact) mass is 232 g/mol. The molecule has 0 radical (unpaired) electrons. The molecule has 1 aromatic carbocycles. The van der Waals surface area contributed by atoms with Gasteiger partial charge in [-0.3, -0.25) is 0 Å². The van der Waals surface area contributed by atoms with Gasteiger partial charge < -0.3 is 9.47 Å². The van der Waals surface area contributed by atoms with Crippen LogP contribution >= 0.6 is 0 Å². The summed E-state index contributed by atoms with van der Waals surface area (Å²) in [7, 11) is 1.32. The zero-order valence-electron chi connectivity index (χ0n) is 9.84. The van der Waals surface area contributed by atoms with E-state index in [0.29, 0.717) is 5.92 Å². The van der Waals surface area contributed by atoms with Crippen LogP contribution in [0.15, 0.2) is 42.5 Å². The third-order valence-electron chi connectivity index (χ3n) is 2.97. The molecule has 3 heteroatoms. The lowest BCUT2D eigenvalue weighted by Crippen LogP contribution is -2.21. The van der Waals surface area contributed by atoms with Crippen molar-refractivity contribution in [1.29, 1.82) is 0 Å². The van der Waals surface area contributed by atoms with Crippen molar-refractivity contribution in [3.8, 4) is 0 Å². The molecule has 0 aliphatic heterocycles. The highest BCUT2D eigenvalue weighted by atomic mass is 16.7. The summed E-state index contributed by atoms with van der Waals surface area (Å²) in [5.74, 6) is 0.413. The third-order valence-corrected chi connectivity index (χ3v) is 2.97. The van der Waals surface area contributed by atoms with E-state index in [1.54, 1.807) is 0 Å². The van der Waals surface area contributed by atoms with Crippen molar-refractivity contribution in [2.75, 3.05) is 7.11 Å². The van der Waals surface area contributed by atoms with Crippen molar-refractivity contribution in [3.63, 3.8) is 0 Å². The van der Waals surface area contributed by atoms with E-state index in [4.69, 9.17) is 4.74 Å². The van der Waals surface area contributed by atoms with Gasteiger partial charge in [-0.1, -0.05) is 36.4 Å². The zero-order valence-corrected chi connectivity index (χ0v) is 9.84. The molecule has 0 unspecified atom stereocenters. The first-order valence-corrected chi connectivity index (χ1v) is 5.76. The Morgan fingerprint density at radius 2 is 2.06 bits per heavy atom. The predicted octanol–water partition coefficient (Wildman–Crippen LogP) is 3.27. The van der Waals surface area contributed by atoms with Crippen LogP contribution in [0.3, 0.4) is 0 Å². The van der Waals surface area contributed by atoms with Gasteiger partial charge in [-0.25, -0.2) is 4.79 Å². The fraction of sp³-hybridized carbons (Fsp3) is 0.357. The van der Waals surface area contributed by atoms with Gasteiger partial charge in [0.25, 0.3) is 0 Å². The van der Waals surface area contributed by atoms with Gasteiger partial charge in [0.1, 0.15) is 6.10 Å². The molecule has 1 aliphatic carbocycles. The van der Waals surface area contributed by atoms with E-state index in [9.17, 15) is 4.79 Å². The number of carbonyl (C=O) groups excluding carboxylic acids is 1. The van der Waals surface area contributed by atoms with Crippen LogP contribution in [0.1, 0.15) is 24.3 Å². The second-order valence-electron chi connectivity index (χ2n) is 4.12. The maximum Gasteiger partial charge on any atom is 0.508 e. The van der Waals surface area contributed by atoms with Crippen molar-refractivity contribution in [1.82, 2.24) is 0 Å². The molecule has 0 amide bonds. The zero-order chi connectivity index (χ0) is 12.1. The fourth-order valence-electron chi connectivity index (χ4n) is 2.11. The van der Waals surface area contributed by atoms with Crippen LogP contribution in [0, 0.1) is 0 Å². The molecule has 0 bridgehead atoms. The normalized spacial score (nSPS) is 23.1. The SMILES string of the molecule is COC(=O)O[C@@H]1C=CC[C@H](c2ccccc2)C1. The molecule has 0 N–H and O–H groups in total. The molecule has 1 aromatic rings. The molecule has 90 valence electrons. The van der Waals surface area contributed by atoms with Crippen LogP contribution < -0.4 is 0 Å². The largest absolute Gasteiger partial charge is 0.508 e. The van der Waals surface area contributed by atoms with Crippen molar-refractivity contribution >= 4 is 6.16 Å². The maximum absolute atomic E-state index is 11.0. The van der Waals surface area contributed by atoms with E-state index in [0.717, 1.165) is 12.8 Å². The smallest absolute Gasteiger partial charge is 0.438 e. The molecule has 0 spiro atoms. The number of methoxy groups -OCH3 is 1. The van der Waals surface area contributed by atoms with Crippen LogP contribution in [-0.2, 0) is 9.47 Å². The first kappa shape index (κ1) is 11.7. The van der Waals surface area contributed by atoms with E-state index in [1.807, 2.05) is 24.3 Å². The Balaban J connectivity index is 2.00. The van der Waals surface area contributed by atoms with Gasteiger partial charge in [-0.05, 0) is 30.4 Å². The van der Waals surface area contributed by atoms with Crippen LogP contribution in [-0.4, -0.2) is 19.4 Å². The van der Waals surface area contributed by atoms with E-state index < -0.39 is 6.16 Å². The first-order valence-electron chi connectivity index (χ1n) is 5.76. The van der Waals surface area contributed by atoms with Gasteiger partial charge in [-0.15, -0.1) is 0 Å². The van der Waals surface area contributed by atoms with Crippen LogP contribution in [0.5, 0.6) is 0 Å². The van der Waals surface area contributed by atoms with E-state index in [-0.39, 0.29) is 6.10 Å². The summed E-state index contributed by atoms with van der Waals surface area (Å²) < 4.78 is 9.64. The molecule has 0 aromatic heterocycles. The Hall–Kier alpha value is -1.77. The second-order valence-corrected chi connectivity index (χ2v) is 4.12. The number of benzene rings is 1. The Morgan fingerprint density at radius 3 is 2.76 bits per heavy atom. The average molecular weight is 232 g/mol. The van der Waals surface area contributed by atoms with Gasteiger partial charge in [0.2, 0.25) is 0 Å². The molecule has 0 fully saturated rings. The average Bonchev–Trinajstić information content (AvgIpc) is 2.40. The molecular weight excluding hydrogens is 216 g/mol. The highest BCUT2D eigenvalue weighted by molar-refractivity contribution is 5.60. The Bertz CT molecular complexity index is 397. The lowest BCUT2D eigenvalue weighted by atomic mass is 9.86. The van der Waals surface area contributed by atoms with Gasteiger partial charge in [0.05, 0.1) is 7.11 Å². The van der Waals surface area contributed by atoms with Crippen molar-refractivity contribution in [2.24, 2.45) is 0 Å². The minimum absolute atomic E-state index is 0.179. The molecule has 17 heavy (non-hydrogen) atoms. The summed E-state index contributed by atoms with van der Waals surface area (Å²) in [6.07, 6.45) is 5.00. The second kappa shape index (κ2) is 5.53. The Labute approximate surface area is 101 Å². The van der Waals surface area contributed by atoms with Gasteiger partial charge in [0.15, 0.2) is 0 Å². The standard InChI is InChI=1S/C14H16O3/c1-16-14(15)17-13-9-5-8-12(10-13)11-6-3-2-4-7-11/h2-7,9,12-13H,8,10H2,1H3/t12-,13+/m0/s1. The van der Waals surface area contributed by atoms with Crippen LogP contribution in [0.2, 0.25) is 0 Å². The summed E-state index contributed by atoms with van der Waals surface area (Å²) in [5.41, 5.74) is 1.29. The summed E-state index contributed by atoms with van der Waals surface area (Å²) in [6.45, 7) is 0. The highest BCUT2D eigenvalue weighted by Crippen LogP contribution is 2.30. The number of carbonyl (C=O) groups is 1.